The molecule has 0 saturated carbocycles. The molecule has 2 aromatic rings. The molecule has 4 nitrogen and oxygen atoms in total. The van der Waals surface area contributed by atoms with Crippen LogP contribution in [-0.4, -0.2) is 17.7 Å². The highest BCUT2D eigenvalue weighted by Gasteiger charge is 2.38. The molecule has 0 spiro atoms. The fourth-order valence-electron chi connectivity index (χ4n) is 1.56. The predicted molar refractivity (Wildman–Crippen MR) is 62.0 cm³/mol. The average molecular weight is 237 g/mol. The molecule has 0 radical (unpaired) electrons. The van der Waals surface area contributed by atoms with E-state index >= 15 is 0 Å². The van der Waals surface area contributed by atoms with Crippen molar-refractivity contribution < 1.29 is 14.0 Å². The summed E-state index contributed by atoms with van der Waals surface area (Å²) in [7, 11) is 0. The molecule has 0 bridgehead atoms. The fourth-order valence-corrected chi connectivity index (χ4v) is 2.35. The van der Waals surface area contributed by atoms with Crippen LogP contribution >= 0.6 is 11.8 Å². The monoisotopic (exact) mass is 237 g/mol. The molecule has 0 unspecified atom stereocenters. The number of furan rings is 2. The summed E-state index contributed by atoms with van der Waals surface area (Å²) >= 11 is 1.46. The molecule has 0 aromatic carbocycles. The molecule has 2 rings (SSSR count). The average Bonchev–Trinajstić information content (AvgIpc) is 2.98. The lowest BCUT2D eigenvalue weighted by molar-refractivity contribution is 0.317. The third-order valence-electron chi connectivity index (χ3n) is 2.34. The van der Waals surface area contributed by atoms with Crippen LogP contribution in [0.25, 0.3) is 0 Å². The maximum Gasteiger partial charge on any atom is 0.169 e. The topological polar surface area (TPSA) is 58.9 Å². The molecule has 0 atom stereocenters. The van der Waals surface area contributed by atoms with Gasteiger partial charge in [-0.3, -0.25) is 0 Å². The minimum Gasteiger partial charge on any atom is -0.467 e. The number of oxime groups is 1. The Morgan fingerprint density at radius 2 is 1.81 bits per heavy atom. The first-order chi connectivity index (χ1) is 7.83. The Bertz CT molecular complexity index is 413. The van der Waals surface area contributed by atoms with Crippen molar-refractivity contribution in [3.63, 3.8) is 0 Å². The lowest BCUT2D eigenvalue weighted by atomic mass is 10.0. The van der Waals surface area contributed by atoms with E-state index in [0.717, 1.165) is 0 Å². The van der Waals surface area contributed by atoms with Crippen LogP contribution in [0.3, 0.4) is 0 Å². The van der Waals surface area contributed by atoms with Crippen molar-refractivity contribution in [2.45, 2.75) is 4.75 Å². The van der Waals surface area contributed by atoms with Crippen LogP contribution in [0.2, 0.25) is 0 Å². The molecule has 2 aromatic heterocycles. The zero-order valence-corrected chi connectivity index (χ0v) is 9.48. The molecule has 0 saturated heterocycles. The third kappa shape index (κ3) is 1.63. The van der Waals surface area contributed by atoms with Gasteiger partial charge in [0, 0.05) is 0 Å². The first-order valence-electron chi connectivity index (χ1n) is 4.65. The lowest BCUT2D eigenvalue weighted by Gasteiger charge is -2.22. The van der Waals surface area contributed by atoms with Crippen LogP contribution in [0.15, 0.2) is 50.8 Å². The maximum atomic E-state index is 8.80. The largest absolute Gasteiger partial charge is 0.467 e. The van der Waals surface area contributed by atoms with Crippen LogP contribution in [-0.2, 0) is 4.75 Å². The van der Waals surface area contributed by atoms with Crippen molar-refractivity contribution in [2.75, 3.05) is 6.26 Å². The van der Waals surface area contributed by atoms with Crippen molar-refractivity contribution in [3.05, 3.63) is 48.3 Å². The van der Waals surface area contributed by atoms with Crippen LogP contribution < -0.4 is 0 Å². The van der Waals surface area contributed by atoms with E-state index in [0.29, 0.717) is 11.5 Å². The fraction of sp³-hybridized carbons (Fsp3) is 0.182. The molecule has 5 heteroatoms. The minimum absolute atomic E-state index is 0.660. The molecule has 84 valence electrons. The van der Waals surface area contributed by atoms with Gasteiger partial charge in [-0.2, -0.15) is 0 Å². The normalized spacial score (nSPS) is 12.3. The van der Waals surface area contributed by atoms with Crippen molar-refractivity contribution in [1.29, 1.82) is 0 Å². The van der Waals surface area contributed by atoms with Gasteiger partial charge in [0.05, 0.1) is 18.7 Å². The molecule has 0 amide bonds. The quantitative estimate of drug-likeness (QED) is 0.504. The van der Waals surface area contributed by atoms with Gasteiger partial charge in [0.15, 0.2) is 4.75 Å². The molecule has 0 fully saturated rings. The van der Waals surface area contributed by atoms with Crippen molar-refractivity contribution in [2.24, 2.45) is 5.16 Å². The summed E-state index contributed by atoms with van der Waals surface area (Å²) in [6.45, 7) is 0. The highest BCUT2D eigenvalue weighted by atomic mass is 32.2. The second kappa shape index (κ2) is 4.49. The molecule has 1 N–H and O–H groups in total. The Morgan fingerprint density at radius 1 is 1.25 bits per heavy atom. The summed E-state index contributed by atoms with van der Waals surface area (Å²) in [5, 5.41) is 11.9. The summed E-state index contributed by atoms with van der Waals surface area (Å²) in [6.07, 6.45) is 6.45. The zero-order valence-electron chi connectivity index (χ0n) is 8.66. The van der Waals surface area contributed by atoms with E-state index in [9.17, 15) is 0 Å². The van der Waals surface area contributed by atoms with Gasteiger partial charge in [-0.1, -0.05) is 5.16 Å². The van der Waals surface area contributed by atoms with E-state index in [2.05, 4.69) is 5.16 Å². The Labute approximate surface area is 96.9 Å². The Kier molecular flexibility index (Phi) is 3.05. The molecule has 0 aliphatic heterocycles. The first kappa shape index (κ1) is 10.9. The van der Waals surface area contributed by atoms with Crippen LogP contribution in [0.5, 0.6) is 0 Å². The summed E-state index contributed by atoms with van der Waals surface area (Å²) in [5.41, 5.74) is 0. The summed E-state index contributed by atoms with van der Waals surface area (Å²) in [5.74, 6) is 1.32. The highest BCUT2D eigenvalue weighted by molar-refractivity contribution is 8.00. The second-order valence-electron chi connectivity index (χ2n) is 3.14. The van der Waals surface area contributed by atoms with Gasteiger partial charge >= 0.3 is 0 Å². The third-order valence-corrected chi connectivity index (χ3v) is 3.49. The Morgan fingerprint density at radius 3 is 2.12 bits per heavy atom. The Hall–Kier alpha value is -1.62. The second-order valence-corrected chi connectivity index (χ2v) is 4.19. The number of nitrogens with zero attached hydrogens (tertiary/aromatic N) is 1. The number of hydrogen-bond donors (Lipinski definition) is 1. The van der Waals surface area contributed by atoms with E-state index in [1.165, 1.54) is 18.0 Å². The van der Waals surface area contributed by atoms with Crippen molar-refractivity contribution in [3.8, 4) is 0 Å². The standard InChI is InChI=1S/C11H11NO3S/c1-16-11(8-12-13,9-4-2-6-14-9)10-5-3-7-15-10/h2-8,13H,1H3. The first-order valence-corrected chi connectivity index (χ1v) is 5.87. The van der Waals surface area contributed by atoms with Crippen LogP contribution in [0, 0.1) is 0 Å². The van der Waals surface area contributed by atoms with Gasteiger partial charge in [0.1, 0.15) is 11.5 Å². The van der Waals surface area contributed by atoms with Crippen molar-refractivity contribution in [1.82, 2.24) is 0 Å². The van der Waals surface area contributed by atoms with Gasteiger partial charge in [-0.15, -0.1) is 11.8 Å². The number of rotatable bonds is 4. The van der Waals surface area contributed by atoms with E-state index in [1.54, 1.807) is 24.7 Å². The molecular formula is C11H11NO3S. The molecule has 0 aliphatic rings. The smallest absolute Gasteiger partial charge is 0.169 e. The van der Waals surface area contributed by atoms with E-state index in [-0.39, 0.29) is 0 Å². The lowest BCUT2D eigenvalue weighted by Crippen LogP contribution is -2.24. The van der Waals surface area contributed by atoms with Gasteiger partial charge < -0.3 is 14.0 Å². The van der Waals surface area contributed by atoms with Crippen molar-refractivity contribution >= 4 is 18.0 Å². The van der Waals surface area contributed by atoms with Gasteiger partial charge in [0.25, 0.3) is 0 Å². The highest BCUT2D eigenvalue weighted by Crippen LogP contribution is 2.40. The maximum absolute atomic E-state index is 8.80. The number of hydrogen-bond acceptors (Lipinski definition) is 5. The molecule has 0 aliphatic carbocycles. The summed E-state index contributed by atoms with van der Waals surface area (Å²) in [6, 6.07) is 7.21. The van der Waals surface area contributed by atoms with E-state index < -0.39 is 4.75 Å². The van der Waals surface area contributed by atoms with Gasteiger partial charge in [0.2, 0.25) is 0 Å². The predicted octanol–water partition coefficient (Wildman–Crippen LogP) is 2.94. The SMILES string of the molecule is CSC(C=NO)(c1ccco1)c1ccco1. The molecular weight excluding hydrogens is 226 g/mol. The Balaban J connectivity index is 2.56. The minimum atomic E-state index is -0.720. The van der Waals surface area contributed by atoms with E-state index in [1.807, 2.05) is 18.4 Å². The van der Waals surface area contributed by atoms with Gasteiger partial charge in [-0.25, -0.2) is 0 Å². The van der Waals surface area contributed by atoms with Crippen LogP contribution in [0.1, 0.15) is 11.5 Å². The van der Waals surface area contributed by atoms with E-state index in [4.69, 9.17) is 14.0 Å². The zero-order chi connectivity index (χ0) is 11.4. The van der Waals surface area contributed by atoms with Gasteiger partial charge in [-0.05, 0) is 30.5 Å². The van der Waals surface area contributed by atoms with Crippen LogP contribution in [0.4, 0.5) is 0 Å². The molecule has 2 heterocycles. The molecule has 16 heavy (non-hydrogen) atoms. The summed E-state index contributed by atoms with van der Waals surface area (Å²) < 4.78 is 10.0. The number of thioether (sulfide) groups is 1. The summed E-state index contributed by atoms with van der Waals surface area (Å²) in [4.78, 5) is 0.